The van der Waals surface area contributed by atoms with Gasteiger partial charge in [0.05, 0.1) is 39.7 Å². The highest BCUT2D eigenvalue weighted by molar-refractivity contribution is 7.19. The number of carbonyl (C=O) groups excluding carboxylic acids is 2. The van der Waals surface area contributed by atoms with E-state index in [0.29, 0.717) is 23.1 Å². The minimum absolute atomic E-state index is 0.0420. The maximum absolute atomic E-state index is 12.4. The van der Waals surface area contributed by atoms with Gasteiger partial charge in [0.2, 0.25) is 0 Å². The van der Waals surface area contributed by atoms with Crippen molar-refractivity contribution in [3.05, 3.63) is 33.8 Å². The van der Waals surface area contributed by atoms with Gasteiger partial charge in [0.25, 0.3) is 0 Å². The predicted octanol–water partition coefficient (Wildman–Crippen LogP) is 6.64. The lowest BCUT2D eigenvalue weighted by atomic mass is 9.87. The number of thiophene rings is 1. The Kier molecular flexibility index (Phi) is 10.2. The quantitative estimate of drug-likeness (QED) is 0.257. The van der Waals surface area contributed by atoms with Crippen molar-refractivity contribution in [3.63, 3.8) is 0 Å². The molecule has 0 radical (unpaired) electrons. The van der Waals surface area contributed by atoms with E-state index in [1.807, 2.05) is 25.1 Å². The predicted molar refractivity (Wildman–Crippen MR) is 138 cm³/mol. The first-order valence-electron chi connectivity index (χ1n) is 12.2. The Balaban J connectivity index is 1.65. The van der Waals surface area contributed by atoms with Gasteiger partial charge >= 0.3 is 12.1 Å². The smallest absolute Gasteiger partial charge is 0.409 e. The van der Waals surface area contributed by atoms with Crippen LogP contribution < -0.4 is 4.74 Å². The molecule has 2 aromatic rings. The third-order valence-corrected chi connectivity index (χ3v) is 7.59. The van der Waals surface area contributed by atoms with Gasteiger partial charge in [0.1, 0.15) is 12.4 Å². The van der Waals surface area contributed by atoms with Gasteiger partial charge in [-0.05, 0) is 57.2 Å². The summed E-state index contributed by atoms with van der Waals surface area (Å²) in [6.45, 7) is 4.84. The number of methoxy groups -OCH3 is 1. The van der Waals surface area contributed by atoms with E-state index >= 15 is 0 Å². The molecular formula is C26H35ClN2O5S. The average molecular weight is 523 g/mol. The van der Waals surface area contributed by atoms with Gasteiger partial charge in [-0.1, -0.05) is 31.4 Å². The zero-order valence-electron chi connectivity index (χ0n) is 21.0. The van der Waals surface area contributed by atoms with Crippen LogP contribution in [0.4, 0.5) is 4.79 Å². The minimum Gasteiger partial charge on any atom is -0.489 e. The fourth-order valence-electron chi connectivity index (χ4n) is 4.27. The topological polar surface area (TPSA) is 78.0 Å². The summed E-state index contributed by atoms with van der Waals surface area (Å²) < 4.78 is 17.3. The van der Waals surface area contributed by atoms with Gasteiger partial charge in [0.15, 0.2) is 0 Å². The summed E-state index contributed by atoms with van der Waals surface area (Å²) in [7, 11) is 3.18. The molecule has 192 valence electrons. The molecule has 0 aliphatic heterocycles. The van der Waals surface area contributed by atoms with Crippen LogP contribution in [0.15, 0.2) is 18.2 Å². The first kappa shape index (κ1) is 27.3. The number of aromatic nitrogens is 1. The second-order valence-electron chi connectivity index (χ2n) is 8.99. The molecule has 0 N–H and O–H groups in total. The summed E-state index contributed by atoms with van der Waals surface area (Å²) in [5.41, 5.74) is 2.33. The fraction of sp³-hybridized carbons (Fsp3) is 0.577. The molecule has 0 aromatic carbocycles. The molecule has 0 saturated heterocycles. The highest BCUT2D eigenvalue weighted by Crippen LogP contribution is 2.37. The third kappa shape index (κ3) is 7.58. The van der Waals surface area contributed by atoms with Crippen LogP contribution in [0.5, 0.6) is 5.75 Å². The van der Waals surface area contributed by atoms with Crippen molar-refractivity contribution in [2.24, 2.45) is 5.92 Å². The summed E-state index contributed by atoms with van der Waals surface area (Å²) >= 11 is 7.71. The van der Waals surface area contributed by atoms with Crippen LogP contribution in [0.25, 0.3) is 10.6 Å². The highest BCUT2D eigenvalue weighted by Gasteiger charge is 2.29. The van der Waals surface area contributed by atoms with Crippen molar-refractivity contribution < 1.29 is 23.8 Å². The Bertz CT molecular complexity index is 1010. The van der Waals surface area contributed by atoms with Crippen molar-refractivity contribution in [2.75, 3.05) is 20.7 Å². The summed E-state index contributed by atoms with van der Waals surface area (Å²) in [4.78, 5) is 31.5. The largest absolute Gasteiger partial charge is 0.489 e. The molecule has 1 fully saturated rings. The van der Waals surface area contributed by atoms with E-state index in [0.717, 1.165) is 60.4 Å². The molecule has 2 heterocycles. The van der Waals surface area contributed by atoms with E-state index < -0.39 is 0 Å². The maximum atomic E-state index is 12.4. The number of unbranched alkanes of at least 4 members (excludes halogenated alkanes) is 2. The van der Waals surface area contributed by atoms with Crippen molar-refractivity contribution in [1.29, 1.82) is 0 Å². The SMILES string of the molecule is CCCCCN(C)C(=O)OCc1cc(Cl)sc1-c1ccc(O[C@H]2CCC[C@H](C(=O)OC)C2)c(C)n1. The Labute approximate surface area is 216 Å². The van der Waals surface area contributed by atoms with Gasteiger partial charge in [-0.2, -0.15) is 0 Å². The number of pyridine rings is 1. The molecule has 1 aliphatic rings. The average Bonchev–Trinajstić information content (AvgIpc) is 3.23. The summed E-state index contributed by atoms with van der Waals surface area (Å²) in [6, 6.07) is 5.62. The molecule has 1 amide bonds. The number of amides is 1. The first-order chi connectivity index (χ1) is 16.8. The Morgan fingerprint density at radius 2 is 2.06 bits per heavy atom. The second kappa shape index (κ2) is 13.1. The van der Waals surface area contributed by atoms with Crippen molar-refractivity contribution in [1.82, 2.24) is 9.88 Å². The number of aryl methyl sites for hydroxylation is 1. The summed E-state index contributed by atoms with van der Waals surface area (Å²) in [6.07, 6.45) is 6.07. The van der Waals surface area contributed by atoms with Crippen LogP contribution in [0.2, 0.25) is 4.34 Å². The van der Waals surface area contributed by atoms with E-state index in [-0.39, 0.29) is 30.7 Å². The van der Waals surface area contributed by atoms with Crippen LogP contribution in [0.3, 0.4) is 0 Å². The molecule has 0 spiro atoms. The van der Waals surface area contributed by atoms with Gasteiger partial charge in [0, 0.05) is 19.2 Å². The Morgan fingerprint density at radius 1 is 1.26 bits per heavy atom. The molecule has 35 heavy (non-hydrogen) atoms. The maximum Gasteiger partial charge on any atom is 0.409 e. The Morgan fingerprint density at radius 3 is 2.77 bits per heavy atom. The fourth-order valence-corrected chi connectivity index (χ4v) is 5.50. The van der Waals surface area contributed by atoms with Crippen molar-refractivity contribution >= 4 is 35.0 Å². The number of ether oxygens (including phenoxy) is 3. The van der Waals surface area contributed by atoms with E-state index in [2.05, 4.69) is 6.92 Å². The molecule has 1 aliphatic carbocycles. The van der Waals surface area contributed by atoms with Gasteiger partial charge in [-0.3, -0.25) is 4.79 Å². The summed E-state index contributed by atoms with van der Waals surface area (Å²) in [5, 5.41) is 0. The van der Waals surface area contributed by atoms with Crippen molar-refractivity contribution in [2.45, 2.75) is 71.5 Å². The monoisotopic (exact) mass is 522 g/mol. The molecule has 7 nitrogen and oxygen atoms in total. The van der Waals surface area contributed by atoms with E-state index in [1.165, 1.54) is 18.4 Å². The molecule has 1 saturated carbocycles. The first-order valence-corrected chi connectivity index (χ1v) is 13.4. The number of halogens is 1. The van der Waals surface area contributed by atoms with Crippen LogP contribution in [0, 0.1) is 12.8 Å². The molecule has 0 unspecified atom stereocenters. The van der Waals surface area contributed by atoms with E-state index in [9.17, 15) is 9.59 Å². The lowest BCUT2D eigenvalue weighted by molar-refractivity contribution is -0.147. The van der Waals surface area contributed by atoms with Crippen LogP contribution >= 0.6 is 22.9 Å². The second-order valence-corrected chi connectivity index (χ2v) is 10.7. The van der Waals surface area contributed by atoms with E-state index in [4.69, 9.17) is 30.8 Å². The molecule has 2 atom stereocenters. The van der Waals surface area contributed by atoms with Crippen LogP contribution in [-0.2, 0) is 20.9 Å². The van der Waals surface area contributed by atoms with Crippen LogP contribution in [-0.4, -0.2) is 48.8 Å². The lowest BCUT2D eigenvalue weighted by Gasteiger charge is -2.28. The number of nitrogens with zero attached hydrogens (tertiary/aromatic N) is 2. The highest BCUT2D eigenvalue weighted by atomic mass is 35.5. The number of hydrogen-bond donors (Lipinski definition) is 0. The zero-order valence-corrected chi connectivity index (χ0v) is 22.5. The minimum atomic E-state index is -0.347. The number of rotatable bonds is 10. The summed E-state index contributed by atoms with van der Waals surface area (Å²) in [5.74, 6) is 0.419. The number of esters is 1. The lowest BCUT2D eigenvalue weighted by Crippen LogP contribution is -2.30. The van der Waals surface area contributed by atoms with Gasteiger partial charge in [-0.15, -0.1) is 11.3 Å². The van der Waals surface area contributed by atoms with E-state index in [1.54, 1.807) is 11.9 Å². The zero-order chi connectivity index (χ0) is 25.4. The van der Waals surface area contributed by atoms with Crippen LogP contribution in [0.1, 0.15) is 63.1 Å². The van der Waals surface area contributed by atoms with Crippen molar-refractivity contribution in [3.8, 4) is 16.3 Å². The molecule has 0 bridgehead atoms. The molecular weight excluding hydrogens is 488 g/mol. The third-order valence-electron chi connectivity index (χ3n) is 6.26. The van der Waals surface area contributed by atoms with Gasteiger partial charge in [-0.25, -0.2) is 9.78 Å². The Hall–Kier alpha value is -2.32. The van der Waals surface area contributed by atoms with Gasteiger partial charge < -0.3 is 19.1 Å². The normalized spacial score (nSPS) is 17.6. The molecule has 9 heteroatoms. The number of carbonyl (C=O) groups is 2. The standard InChI is InChI=1S/C26H35ClN2O5S/c1-5-6-7-13-29(3)26(31)33-16-19-15-23(27)35-24(19)21-11-12-22(17(2)28-21)34-20-10-8-9-18(14-20)25(30)32-4/h11-12,15,18,20H,5-10,13-14,16H2,1-4H3/t18-,20-/m0/s1. The number of hydrogen-bond acceptors (Lipinski definition) is 7. The molecule has 2 aromatic heterocycles. The molecule has 3 rings (SSSR count).